The van der Waals surface area contributed by atoms with Crippen molar-refractivity contribution in [2.24, 2.45) is 0 Å². The van der Waals surface area contributed by atoms with Crippen LogP contribution in [-0.4, -0.2) is 79.4 Å². The minimum Gasteiger partial charge on any atom is -0.466 e. The van der Waals surface area contributed by atoms with E-state index in [2.05, 4.69) is 4.74 Å². The number of hydrogen-bond acceptors (Lipinski definition) is 12. The van der Waals surface area contributed by atoms with Crippen LogP contribution in [0, 0.1) is 0 Å². The molecule has 1 saturated heterocycles. The molecule has 1 aliphatic rings. The Bertz CT molecular complexity index is 762. The maximum atomic E-state index is 12.4. The van der Waals surface area contributed by atoms with Gasteiger partial charge in [0.25, 0.3) is 0 Å². The lowest BCUT2D eigenvalue weighted by Crippen LogP contribution is -2.63. The Morgan fingerprint density at radius 1 is 0.714 bits per heavy atom. The standard InChI is InChI=1S/C23H34O12/c1-5-8-16(26)32-20-14(13-24)31-23(35-19(29)12-11-15(25)30-4)22(34-18(28)10-7-3)21(20)33-17(27)9-6-2/h11-12,14,20-24H,5-10,13H2,1-4H3/b12-11+/t14-,20-,21+,22-,23-/m1/s1. The van der Waals surface area contributed by atoms with Crippen LogP contribution in [0.4, 0.5) is 0 Å². The van der Waals surface area contributed by atoms with E-state index in [4.69, 9.17) is 23.7 Å². The Morgan fingerprint density at radius 3 is 1.63 bits per heavy atom. The van der Waals surface area contributed by atoms with Crippen molar-refractivity contribution in [3.05, 3.63) is 12.2 Å². The summed E-state index contributed by atoms with van der Waals surface area (Å²) in [4.78, 5) is 60.5. The second-order valence-electron chi connectivity index (χ2n) is 7.63. The van der Waals surface area contributed by atoms with Gasteiger partial charge in [0.05, 0.1) is 13.7 Å². The first-order chi connectivity index (χ1) is 16.7. The van der Waals surface area contributed by atoms with Crippen LogP contribution in [0.2, 0.25) is 0 Å². The van der Waals surface area contributed by atoms with Gasteiger partial charge in [-0.2, -0.15) is 0 Å². The van der Waals surface area contributed by atoms with Crippen LogP contribution in [0.25, 0.3) is 0 Å². The van der Waals surface area contributed by atoms with Crippen molar-refractivity contribution < 1.29 is 57.5 Å². The van der Waals surface area contributed by atoms with E-state index in [1.807, 2.05) is 0 Å². The molecule has 0 aliphatic carbocycles. The molecule has 1 fully saturated rings. The normalized spacial score (nSPS) is 23.9. The second-order valence-corrected chi connectivity index (χ2v) is 7.63. The number of carbonyl (C=O) groups excluding carboxylic acids is 5. The van der Waals surface area contributed by atoms with Crippen LogP contribution < -0.4 is 0 Å². The van der Waals surface area contributed by atoms with Gasteiger partial charge < -0.3 is 33.5 Å². The molecule has 0 bridgehead atoms. The highest BCUT2D eigenvalue weighted by atomic mass is 16.7. The summed E-state index contributed by atoms with van der Waals surface area (Å²) in [6.45, 7) is 4.54. The number of methoxy groups -OCH3 is 1. The number of rotatable bonds is 13. The number of carbonyl (C=O) groups is 5. The summed E-state index contributed by atoms with van der Waals surface area (Å²) in [7, 11) is 1.12. The molecule has 0 saturated carbocycles. The number of hydrogen-bond donors (Lipinski definition) is 1. The van der Waals surface area contributed by atoms with Crippen molar-refractivity contribution in [3.63, 3.8) is 0 Å². The molecule has 0 spiro atoms. The van der Waals surface area contributed by atoms with E-state index < -0.39 is 67.2 Å². The van der Waals surface area contributed by atoms with Crippen molar-refractivity contribution in [3.8, 4) is 0 Å². The fraction of sp³-hybridized carbons (Fsp3) is 0.696. The summed E-state index contributed by atoms with van der Waals surface area (Å²) in [5.41, 5.74) is 0. The Balaban J connectivity index is 3.36. The molecule has 1 aliphatic heterocycles. The van der Waals surface area contributed by atoms with Gasteiger partial charge in [0.1, 0.15) is 6.10 Å². The molecule has 1 N–H and O–H groups in total. The third kappa shape index (κ3) is 10.0. The topological polar surface area (TPSA) is 161 Å². The van der Waals surface area contributed by atoms with E-state index in [9.17, 15) is 29.1 Å². The van der Waals surface area contributed by atoms with Crippen molar-refractivity contribution in [1.29, 1.82) is 0 Å². The monoisotopic (exact) mass is 502 g/mol. The largest absolute Gasteiger partial charge is 0.466 e. The zero-order valence-electron chi connectivity index (χ0n) is 20.4. The third-order valence-corrected chi connectivity index (χ3v) is 4.73. The first-order valence-electron chi connectivity index (χ1n) is 11.5. The fourth-order valence-electron chi connectivity index (χ4n) is 3.12. The third-order valence-electron chi connectivity index (χ3n) is 4.73. The molecule has 0 aromatic heterocycles. The zero-order valence-corrected chi connectivity index (χ0v) is 20.4. The molecule has 0 radical (unpaired) electrons. The van der Waals surface area contributed by atoms with E-state index in [1.54, 1.807) is 20.8 Å². The molecular formula is C23H34O12. The van der Waals surface area contributed by atoms with Gasteiger partial charge in [0, 0.05) is 31.4 Å². The smallest absolute Gasteiger partial charge is 0.333 e. The van der Waals surface area contributed by atoms with Crippen LogP contribution in [-0.2, 0) is 52.4 Å². The van der Waals surface area contributed by atoms with Crippen LogP contribution >= 0.6 is 0 Å². The number of esters is 5. The summed E-state index contributed by atoms with van der Waals surface area (Å²) >= 11 is 0. The van der Waals surface area contributed by atoms with Gasteiger partial charge in [-0.15, -0.1) is 0 Å². The molecule has 0 aromatic rings. The van der Waals surface area contributed by atoms with Crippen molar-refractivity contribution in [1.82, 2.24) is 0 Å². The van der Waals surface area contributed by atoms with Gasteiger partial charge in [-0.25, -0.2) is 9.59 Å². The highest BCUT2D eigenvalue weighted by molar-refractivity contribution is 5.91. The lowest BCUT2D eigenvalue weighted by molar-refractivity contribution is -0.299. The molecule has 1 heterocycles. The lowest BCUT2D eigenvalue weighted by Gasteiger charge is -2.43. The van der Waals surface area contributed by atoms with Crippen LogP contribution in [0.3, 0.4) is 0 Å². The molecule has 0 unspecified atom stereocenters. The predicted molar refractivity (Wildman–Crippen MR) is 117 cm³/mol. The molecule has 0 amide bonds. The highest BCUT2D eigenvalue weighted by Crippen LogP contribution is 2.30. The number of aliphatic hydroxyl groups is 1. The van der Waals surface area contributed by atoms with Crippen LogP contribution in [0.5, 0.6) is 0 Å². The van der Waals surface area contributed by atoms with Crippen molar-refractivity contribution >= 4 is 29.8 Å². The predicted octanol–water partition coefficient (Wildman–Crippen LogP) is 1.11. The SMILES string of the molecule is CCCC(=O)O[C@@H]1[C@@H](OC(=O)CCC)[C@@H](OC(=O)/C=C/C(=O)OC)O[C@H](CO)[C@H]1OC(=O)CCC. The van der Waals surface area contributed by atoms with E-state index in [1.165, 1.54) is 0 Å². The van der Waals surface area contributed by atoms with E-state index in [-0.39, 0.29) is 19.3 Å². The van der Waals surface area contributed by atoms with E-state index in [0.29, 0.717) is 19.3 Å². The Labute approximate surface area is 203 Å². The summed E-state index contributed by atoms with van der Waals surface area (Å²) < 4.78 is 31.6. The molecule has 1 rings (SSSR count). The maximum Gasteiger partial charge on any atom is 0.333 e. The molecular weight excluding hydrogens is 468 g/mol. The minimum absolute atomic E-state index is 0.00124. The van der Waals surface area contributed by atoms with Crippen LogP contribution in [0.15, 0.2) is 12.2 Å². The molecule has 198 valence electrons. The van der Waals surface area contributed by atoms with Gasteiger partial charge in [0.2, 0.25) is 12.4 Å². The first-order valence-corrected chi connectivity index (χ1v) is 11.5. The number of aliphatic hydroxyl groups excluding tert-OH is 1. The lowest BCUT2D eigenvalue weighted by atomic mass is 9.98. The summed E-state index contributed by atoms with van der Waals surface area (Å²) in [5, 5.41) is 9.89. The molecule has 5 atom stereocenters. The first kappa shape index (κ1) is 30.0. The molecule has 12 heteroatoms. The quantitative estimate of drug-likeness (QED) is 0.217. The average molecular weight is 503 g/mol. The van der Waals surface area contributed by atoms with Gasteiger partial charge in [-0.1, -0.05) is 20.8 Å². The van der Waals surface area contributed by atoms with Gasteiger partial charge >= 0.3 is 29.8 Å². The Kier molecular flexibility index (Phi) is 13.6. The Hall–Kier alpha value is -2.99. The van der Waals surface area contributed by atoms with Crippen molar-refractivity contribution in [2.75, 3.05) is 13.7 Å². The van der Waals surface area contributed by atoms with Crippen molar-refractivity contribution in [2.45, 2.75) is 90.0 Å². The summed E-state index contributed by atoms with van der Waals surface area (Å²) in [6, 6.07) is 0. The van der Waals surface area contributed by atoms with Gasteiger partial charge in [-0.05, 0) is 19.3 Å². The van der Waals surface area contributed by atoms with Gasteiger partial charge in [0.15, 0.2) is 12.2 Å². The average Bonchev–Trinajstić information content (AvgIpc) is 2.81. The summed E-state index contributed by atoms with van der Waals surface area (Å²) in [6.07, 6.45) is -4.26. The fourth-order valence-corrected chi connectivity index (χ4v) is 3.12. The second kappa shape index (κ2) is 15.8. The molecule has 0 aromatic carbocycles. The molecule has 35 heavy (non-hydrogen) atoms. The van der Waals surface area contributed by atoms with E-state index in [0.717, 1.165) is 19.3 Å². The zero-order chi connectivity index (χ0) is 26.4. The number of ether oxygens (including phenoxy) is 6. The summed E-state index contributed by atoms with van der Waals surface area (Å²) in [5.74, 6) is -3.91. The van der Waals surface area contributed by atoms with Crippen LogP contribution in [0.1, 0.15) is 59.3 Å². The van der Waals surface area contributed by atoms with Gasteiger partial charge in [-0.3, -0.25) is 14.4 Å². The molecule has 12 nitrogen and oxygen atoms in total. The maximum absolute atomic E-state index is 12.4. The minimum atomic E-state index is -1.65. The highest BCUT2D eigenvalue weighted by Gasteiger charge is 2.53. The van der Waals surface area contributed by atoms with E-state index >= 15 is 0 Å². The Morgan fingerprint density at radius 2 is 1.17 bits per heavy atom.